The highest BCUT2D eigenvalue weighted by atomic mass is 16.4. The molecule has 0 radical (unpaired) electrons. The van der Waals surface area contributed by atoms with E-state index in [-0.39, 0.29) is 11.1 Å². The highest BCUT2D eigenvalue weighted by molar-refractivity contribution is 6.05. The second-order valence-corrected chi connectivity index (χ2v) is 4.27. The largest absolute Gasteiger partial charge is 0.478 e. The lowest BCUT2D eigenvalue weighted by atomic mass is 9.93. The van der Waals surface area contributed by atoms with Gasteiger partial charge in [0.05, 0.1) is 11.1 Å². The van der Waals surface area contributed by atoms with Crippen molar-refractivity contribution < 1.29 is 19.8 Å². The zero-order valence-electron chi connectivity index (χ0n) is 11.2. The lowest BCUT2D eigenvalue weighted by Gasteiger charge is -2.12. The van der Waals surface area contributed by atoms with Crippen LogP contribution in [-0.4, -0.2) is 22.2 Å². The van der Waals surface area contributed by atoms with Crippen molar-refractivity contribution >= 4 is 11.9 Å². The molecule has 0 rings (SSSR count). The quantitative estimate of drug-likeness (QED) is 0.488. The van der Waals surface area contributed by atoms with Crippen LogP contribution in [0.3, 0.4) is 0 Å². The lowest BCUT2D eigenvalue weighted by molar-refractivity contribution is -0.136. The molecule has 0 saturated heterocycles. The summed E-state index contributed by atoms with van der Waals surface area (Å²) in [6, 6.07) is 0. The Labute approximate surface area is 108 Å². The molecule has 0 bridgehead atoms. The number of hydrogen-bond donors (Lipinski definition) is 2. The number of rotatable bonds is 9. The Bertz CT molecular complexity index is 343. The fourth-order valence-electron chi connectivity index (χ4n) is 1.76. The fourth-order valence-corrected chi connectivity index (χ4v) is 1.76. The maximum atomic E-state index is 11.2. The molecular weight excluding hydrogens is 232 g/mol. The summed E-state index contributed by atoms with van der Waals surface area (Å²) in [6.07, 6.45) is 4.88. The number of carboxylic acids is 2. The molecule has 0 spiro atoms. The molecule has 0 aliphatic carbocycles. The van der Waals surface area contributed by atoms with Gasteiger partial charge in [0, 0.05) is 0 Å². The third-order valence-electron chi connectivity index (χ3n) is 2.79. The molecule has 0 aromatic carbocycles. The van der Waals surface area contributed by atoms with Gasteiger partial charge in [-0.25, -0.2) is 9.59 Å². The van der Waals surface area contributed by atoms with Crippen LogP contribution in [0.2, 0.25) is 0 Å². The van der Waals surface area contributed by atoms with E-state index in [9.17, 15) is 14.7 Å². The average Bonchev–Trinajstić information content (AvgIpc) is 2.31. The minimum Gasteiger partial charge on any atom is -0.478 e. The summed E-state index contributed by atoms with van der Waals surface area (Å²) < 4.78 is 0. The Kier molecular flexibility index (Phi) is 7.76. The summed E-state index contributed by atoms with van der Waals surface area (Å²) in [5.41, 5.74) is 0.285. The van der Waals surface area contributed by atoms with Crippen LogP contribution in [0.4, 0.5) is 0 Å². The zero-order chi connectivity index (χ0) is 14.1. The zero-order valence-corrected chi connectivity index (χ0v) is 11.2. The number of unbranched alkanes of at least 4 members (excludes halogenated alkanes) is 2. The van der Waals surface area contributed by atoms with Crippen molar-refractivity contribution in [3.8, 4) is 0 Å². The molecule has 0 amide bonds. The Balaban J connectivity index is 5.31. The minimum absolute atomic E-state index is 0.107. The van der Waals surface area contributed by atoms with Crippen molar-refractivity contribution in [2.45, 2.75) is 52.4 Å². The van der Waals surface area contributed by atoms with E-state index in [0.29, 0.717) is 18.4 Å². The van der Waals surface area contributed by atoms with Gasteiger partial charge in [0.15, 0.2) is 0 Å². The number of carbonyl (C=O) groups is 2. The van der Waals surface area contributed by atoms with E-state index in [1.807, 2.05) is 13.8 Å². The van der Waals surface area contributed by atoms with Gasteiger partial charge >= 0.3 is 11.9 Å². The van der Waals surface area contributed by atoms with Crippen LogP contribution in [0.25, 0.3) is 0 Å². The van der Waals surface area contributed by atoms with Crippen LogP contribution in [0.15, 0.2) is 23.3 Å². The molecule has 0 aliphatic heterocycles. The van der Waals surface area contributed by atoms with E-state index in [2.05, 4.69) is 6.58 Å². The summed E-state index contributed by atoms with van der Waals surface area (Å²) in [6.45, 7) is 7.41. The number of hydrogen-bond acceptors (Lipinski definition) is 2. The number of allylic oxidation sites excluding steroid dienone is 1. The molecule has 0 aromatic rings. The second-order valence-electron chi connectivity index (χ2n) is 4.27. The molecule has 0 atom stereocenters. The molecule has 0 unspecified atom stereocenters. The van der Waals surface area contributed by atoms with Crippen molar-refractivity contribution in [3.63, 3.8) is 0 Å². The van der Waals surface area contributed by atoms with Gasteiger partial charge in [0.2, 0.25) is 0 Å². The average molecular weight is 254 g/mol. The van der Waals surface area contributed by atoms with Crippen molar-refractivity contribution in [3.05, 3.63) is 23.3 Å². The van der Waals surface area contributed by atoms with Crippen LogP contribution in [0, 0.1) is 0 Å². The first kappa shape index (κ1) is 16.4. The summed E-state index contributed by atoms with van der Waals surface area (Å²) in [7, 11) is 0. The second kappa shape index (κ2) is 8.50. The first-order chi connectivity index (χ1) is 8.45. The molecule has 0 aliphatic rings. The molecule has 2 N–H and O–H groups in total. The normalized spacial score (nSPS) is 9.89. The summed E-state index contributed by atoms with van der Waals surface area (Å²) in [5.74, 6) is -2.46. The molecular formula is C14H22O4. The number of aliphatic carboxylic acids is 2. The van der Waals surface area contributed by atoms with E-state index in [1.165, 1.54) is 0 Å². The van der Waals surface area contributed by atoms with Crippen molar-refractivity contribution in [2.24, 2.45) is 0 Å². The van der Waals surface area contributed by atoms with Gasteiger partial charge in [-0.1, -0.05) is 38.8 Å². The Hall–Kier alpha value is -1.58. The Morgan fingerprint density at radius 3 is 1.67 bits per heavy atom. The van der Waals surface area contributed by atoms with Crippen LogP contribution in [0.5, 0.6) is 0 Å². The summed E-state index contributed by atoms with van der Waals surface area (Å²) in [4.78, 5) is 22.1. The molecule has 18 heavy (non-hydrogen) atoms. The van der Waals surface area contributed by atoms with Crippen molar-refractivity contribution in [2.75, 3.05) is 0 Å². The van der Waals surface area contributed by atoms with E-state index >= 15 is 0 Å². The van der Waals surface area contributed by atoms with E-state index in [4.69, 9.17) is 5.11 Å². The maximum absolute atomic E-state index is 11.2. The third-order valence-corrected chi connectivity index (χ3v) is 2.79. The Morgan fingerprint density at radius 1 is 0.944 bits per heavy atom. The minimum atomic E-state index is -1.27. The van der Waals surface area contributed by atoms with Crippen LogP contribution < -0.4 is 0 Å². The molecule has 0 saturated carbocycles. The monoisotopic (exact) mass is 254 g/mol. The van der Waals surface area contributed by atoms with E-state index in [0.717, 1.165) is 25.7 Å². The fraction of sp³-hybridized carbons (Fsp3) is 0.571. The maximum Gasteiger partial charge on any atom is 0.336 e. The van der Waals surface area contributed by atoms with Crippen LogP contribution in [0.1, 0.15) is 52.4 Å². The Morgan fingerprint density at radius 2 is 1.39 bits per heavy atom. The topological polar surface area (TPSA) is 74.6 Å². The highest BCUT2D eigenvalue weighted by Crippen LogP contribution is 2.24. The van der Waals surface area contributed by atoms with Crippen LogP contribution in [-0.2, 0) is 9.59 Å². The predicted molar refractivity (Wildman–Crippen MR) is 70.5 cm³/mol. The molecule has 102 valence electrons. The van der Waals surface area contributed by atoms with Crippen LogP contribution >= 0.6 is 0 Å². The van der Waals surface area contributed by atoms with Gasteiger partial charge in [0.1, 0.15) is 0 Å². The molecule has 0 heterocycles. The number of carboxylic acid groups (broad SMARTS) is 2. The third kappa shape index (κ3) is 5.17. The molecule has 4 heteroatoms. The van der Waals surface area contributed by atoms with E-state index < -0.39 is 11.9 Å². The molecule has 4 nitrogen and oxygen atoms in total. The highest BCUT2D eigenvalue weighted by Gasteiger charge is 2.21. The summed E-state index contributed by atoms with van der Waals surface area (Å²) >= 11 is 0. The first-order valence-corrected chi connectivity index (χ1v) is 6.33. The van der Waals surface area contributed by atoms with Gasteiger partial charge in [0.25, 0.3) is 0 Å². The van der Waals surface area contributed by atoms with Gasteiger partial charge in [-0.15, -0.1) is 0 Å². The van der Waals surface area contributed by atoms with Crippen molar-refractivity contribution in [1.29, 1.82) is 0 Å². The van der Waals surface area contributed by atoms with Gasteiger partial charge in [-0.05, 0) is 25.7 Å². The molecule has 0 fully saturated rings. The molecule has 0 aromatic heterocycles. The summed E-state index contributed by atoms with van der Waals surface area (Å²) in [5, 5.41) is 18.1. The predicted octanol–water partition coefficient (Wildman–Crippen LogP) is 3.39. The van der Waals surface area contributed by atoms with Crippen molar-refractivity contribution in [1.82, 2.24) is 0 Å². The van der Waals surface area contributed by atoms with E-state index in [1.54, 1.807) is 0 Å². The lowest BCUT2D eigenvalue weighted by Crippen LogP contribution is -2.13. The smallest absolute Gasteiger partial charge is 0.336 e. The standard InChI is InChI=1S/C14H22O4/c1-4-6-8-11(9-7-5-2)12(14(17)18)10(3)13(15)16/h3-9H2,1-2H3,(H,15,16)(H,17,18). The SMILES string of the molecule is C=C(C(=O)O)C(C(=O)O)=C(CCCC)CCCC. The first-order valence-electron chi connectivity index (χ1n) is 6.33. The van der Waals surface area contributed by atoms with Gasteiger partial charge in [-0.2, -0.15) is 0 Å². The van der Waals surface area contributed by atoms with Gasteiger partial charge in [-0.3, -0.25) is 0 Å². The van der Waals surface area contributed by atoms with Gasteiger partial charge < -0.3 is 10.2 Å².